The molecule has 0 amide bonds. The zero-order valence-electron chi connectivity index (χ0n) is 10.6. The summed E-state index contributed by atoms with van der Waals surface area (Å²) in [5.41, 5.74) is 9.33. The van der Waals surface area contributed by atoms with Crippen molar-refractivity contribution in [3.05, 3.63) is 71.8 Å². The summed E-state index contributed by atoms with van der Waals surface area (Å²) >= 11 is 0. The minimum atomic E-state index is 0.151. The van der Waals surface area contributed by atoms with Gasteiger partial charge in [-0.05, 0) is 11.1 Å². The molecule has 0 aliphatic rings. The molecule has 0 bridgehead atoms. The highest BCUT2D eigenvalue weighted by Gasteiger charge is 2.17. The van der Waals surface area contributed by atoms with Gasteiger partial charge in [-0.3, -0.25) is 4.99 Å². The second kappa shape index (κ2) is 6.12. The smallest absolute Gasteiger partial charge is 0.0504 e. The van der Waals surface area contributed by atoms with Gasteiger partial charge in [0.15, 0.2) is 0 Å². The summed E-state index contributed by atoms with van der Waals surface area (Å²) in [7, 11) is 1.83. The molecule has 92 valence electrons. The molecule has 0 aromatic heterocycles. The first kappa shape index (κ1) is 12.5. The second-order valence-corrected chi connectivity index (χ2v) is 4.17. The van der Waals surface area contributed by atoms with E-state index >= 15 is 0 Å². The number of nitrogens with two attached hydrogens (primary N) is 1. The van der Waals surface area contributed by atoms with Crippen LogP contribution in [0.4, 0.5) is 0 Å². The van der Waals surface area contributed by atoms with Crippen LogP contribution in [-0.4, -0.2) is 19.3 Å². The average molecular weight is 238 g/mol. The predicted molar refractivity (Wildman–Crippen MR) is 77.1 cm³/mol. The minimum absolute atomic E-state index is 0.151. The Morgan fingerprint density at radius 2 is 1.56 bits per heavy atom. The molecule has 2 rings (SSSR count). The first-order valence-electron chi connectivity index (χ1n) is 6.14. The highest BCUT2D eigenvalue weighted by Crippen LogP contribution is 2.20. The summed E-state index contributed by atoms with van der Waals surface area (Å²) in [6.45, 7) is 0.561. The fraction of sp³-hybridized carbons (Fsp3) is 0.188. The Bertz CT molecular complexity index is 503. The number of aliphatic imine (C=N–C) groups is 1. The van der Waals surface area contributed by atoms with Crippen LogP contribution in [0.15, 0.2) is 65.7 Å². The minimum Gasteiger partial charge on any atom is -0.329 e. The molecule has 0 saturated heterocycles. The highest BCUT2D eigenvalue weighted by atomic mass is 14.7. The number of nitrogens with zero attached hydrogens (tertiary/aromatic N) is 1. The van der Waals surface area contributed by atoms with Crippen molar-refractivity contribution >= 4 is 5.71 Å². The Hall–Kier alpha value is -1.93. The maximum atomic E-state index is 5.94. The third-order valence-electron chi connectivity index (χ3n) is 3.08. The Kier molecular flexibility index (Phi) is 4.26. The van der Waals surface area contributed by atoms with Crippen LogP contribution in [0.5, 0.6) is 0 Å². The van der Waals surface area contributed by atoms with Gasteiger partial charge in [0, 0.05) is 19.5 Å². The van der Waals surface area contributed by atoms with Crippen molar-refractivity contribution in [2.75, 3.05) is 13.6 Å². The lowest BCUT2D eigenvalue weighted by molar-refractivity contribution is 0.886. The zero-order valence-corrected chi connectivity index (χ0v) is 10.6. The molecule has 0 saturated carbocycles. The molecule has 0 spiro atoms. The molecule has 2 nitrogen and oxygen atoms in total. The van der Waals surface area contributed by atoms with Crippen LogP contribution >= 0.6 is 0 Å². The molecular formula is C16H18N2. The fourth-order valence-corrected chi connectivity index (χ4v) is 2.19. The van der Waals surface area contributed by atoms with E-state index in [4.69, 9.17) is 5.73 Å². The lowest BCUT2D eigenvalue weighted by Crippen LogP contribution is -2.22. The van der Waals surface area contributed by atoms with Crippen LogP contribution in [0, 0.1) is 0 Å². The van der Waals surface area contributed by atoms with Crippen molar-refractivity contribution in [1.82, 2.24) is 0 Å². The van der Waals surface area contributed by atoms with Crippen LogP contribution in [0.3, 0.4) is 0 Å². The van der Waals surface area contributed by atoms with Gasteiger partial charge < -0.3 is 5.73 Å². The lowest BCUT2D eigenvalue weighted by Gasteiger charge is -2.18. The van der Waals surface area contributed by atoms with E-state index in [1.54, 1.807) is 0 Å². The first-order chi connectivity index (χ1) is 8.86. The SMILES string of the molecule is CN=C(c1ccccc1)C(CN)c1ccccc1. The molecular weight excluding hydrogens is 220 g/mol. The van der Waals surface area contributed by atoms with Gasteiger partial charge in [0.05, 0.1) is 5.71 Å². The van der Waals surface area contributed by atoms with Crippen molar-refractivity contribution in [1.29, 1.82) is 0 Å². The molecule has 0 aliphatic heterocycles. The molecule has 0 heterocycles. The number of hydrogen-bond acceptors (Lipinski definition) is 2. The average Bonchev–Trinajstić information content (AvgIpc) is 2.46. The molecule has 2 N–H and O–H groups in total. The van der Waals surface area contributed by atoms with E-state index in [0.717, 1.165) is 11.3 Å². The van der Waals surface area contributed by atoms with Crippen molar-refractivity contribution in [2.45, 2.75) is 5.92 Å². The standard InChI is InChI=1S/C16H18N2/c1-18-16(14-10-6-3-7-11-14)15(12-17)13-8-4-2-5-9-13/h2-11,15H,12,17H2,1H3. The topological polar surface area (TPSA) is 38.4 Å². The highest BCUT2D eigenvalue weighted by molar-refractivity contribution is 6.05. The van der Waals surface area contributed by atoms with E-state index in [1.807, 2.05) is 43.4 Å². The van der Waals surface area contributed by atoms with Crippen LogP contribution in [0.25, 0.3) is 0 Å². The maximum Gasteiger partial charge on any atom is 0.0504 e. The van der Waals surface area contributed by atoms with E-state index in [-0.39, 0.29) is 5.92 Å². The van der Waals surface area contributed by atoms with E-state index in [0.29, 0.717) is 6.54 Å². The van der Waals surface area contributed by atoms with E-state index in [9.17, 15) is 0 Å². The molecule has 0 aliphatic carbocycles. The Labute approximate surface area is 108 Å². The molecule has 18 heavy (non-hydrogen) atoms. The summed E-state index contributed by atoms with van der Waals surface area (Å²) in [6, 6.07) is 20.5. The second-order valence-electron chi connectivity index (χ2n) is 4.17. The van der Waals surface area contributed by atoms with Gasteiger partial charge in [0.2, 0.25) is 0 Å². The Morgan fingerprint density at radius 1 is 1.00 bits per heavy atom. The Morgan fingerprint density at radius 3 is 2.06 bits per heavy atom. The fourth-order valence-electron chi connectivity index (χ4n) is 2.19. The maximum absolute atomic E-state index is 5.94. The molecule has 2 aromatic carbocycles. The molecule has 1 unspecified atom stereocenters. The van der Waals surface area contributed by atoms with Gasteiger partial charge >= 0.3 is 0 Å². The summed E-state index contributed by atoms with van der Waals surface area (Å²) in [5.74, 6) is 0.151. The van der Waals surface area contributed by atoms with Crippen molar-refractivity contribution in [2.24, 2.45) is 10.7 Å². The zero-order chi connectivity index (χ0) is 12.8. The molecule has 2 aromatic rings. The summed E-state index contributed by atoms with van der Waals surface area (Å²) in [5, 5.41) is 0. The van der Waals surface area contributed by atoms with Crippen molar-refractivity contribution in [3.8, 4) is 0 Å². The molecule has 0 radical (unpaired) electrons. The van der Waals surface area contributed by atoms with E-state index in [1.165, 1.54) is 5.56 Å². The third-order valence-corrected chi connectivity index (χ3v) is 3.08. The van der Waals surface area contributed by atoms with Gasteiger partial charge in [0.1, 0.15) is 0 Å². The van der Waals surface area contributed by atoms with Crippen LogP contribution in [-0.2, 0) is 0 Å². The summed E-state index contributed by atoms with van der Waals surface area (Å²) in [6.07, 6.45) is 0. The lowest BCUT2D eigenvalue weighted by atomic mass is 9.90. The van der Waals surface area contributed by atoms with Crippen molar-refractivity contribution in [3.63, 3.8) is 0 Å². The largest absolute Gasteiger partial charge is 0.329 e. The molecule has 2 heteroatoms. The normalized spacial score (nSPS) is 13.3. The molecule has 0 fully saturated rings. The summed E-state index contributed by atoms with van der Waals surface area (Å²) in [4.78, 5) is 4.44. The van der Waals surface area contributed by atoms with Gasteiger partial charge in [-0.25, -0.2) is 0 Å². The van der Waals surface area contributed by atoms with Crippen molar-refractivity contribution < 1.29 is 0 Å². The number of hydrogen-bond donors (Lipinski definition) is 1. The number of rotatable bonds is 4. The van der Waals surface area contributed by atoms with Crippen LogP contribution < -0.4 is 5.73 Å². The predicted octanol–water partition coefficient (Wildman–Crippen LogP) is 2.85. The third kappa shape index (κ3) is 2.66. The summed E-state index contributed by atoms with van der Waals surface area (Å²) < 4.78 is 0. The van der Waals surface area contributed by atoms with Crippen LogP contribution in [0.1, 0.15) is 17.0 Å². The van der Waals surface area contributed by atoms with Crippen LogP contribution in [0.2, 0.25) is 0 Å². The van der Waals surface area contributed by atoms with E-state index < -0.39 is 0 Å². The number of benzene rings is 2. The first-order valence-corrected chi connectivity index (χ1v) is 6.14. The van der Waals surface area contributed by atoms with Gasteiger partial charge in [-0.2, -0.15) is 0 Å². The quantitative estimate of drug-likeness (QED) is 0.817. The van der Waals surface area contributed by atoms with E-state index in [2.05, 4.69) is 29.3 Å². The van der Waals surface area contributed by atoms with Gasteiger partial charge in [-0.15, -0.1) is 0 Å². The monoisotopic (exact) mass is 238 g/mol. The Balaban J connectivity index is 2.38. The molecule has 1 atom stereocenters. The van der Waals surface area contributed by atoms with Gasteiger partial charge in [-0.1, -0.05) is 60.7 Å². The van der Waals surface area contributed by atoms with Gasteiger partial charge in [0.25, 0.3) is 0 Å².